The summed E-state index contributed by atoms with van der Waals surface area (Å²) in [5.74, 6) is 0. The first-order valence-electron chi connectivity index (χ1n) is 19.5. The molecule has 1 aliphatic heterocycles. The summed E-state index contributed by atoms with van der Waals surface area (Å²) in [6, 6.07) is 47.5. The Kier molecular flexibility index (Phi) is 6.94. The molecule has 6 aromatic rings. The van der Waals surface area contributed by atoms with Crippen molar-refractivity contribution < 1.29 is 0 Å². The number of para-hydroxylation sites is 2. The van der Waals surface area contributed by atoms with Crippen molar-refractivity contribution in [3.05, 3.63) is 171 Å². The molecule has 0 saturated carbocycles. The molecule has 1 spiro atoms. The molecule has 0 amide bonds. The van der Waals surface area contributed by atoms with Crippen LogP contribution in [0.5, 0.6) is 0 Å². The van der Waals surface area contributed by atoms with Crippen LogP contribution in [0, 0.1) is 0 Å². The van der Waals surface area contributed by atoms with E-state index in [4.69, 9.17) is 0 Å². The Balaban J connectivity index is 1.42. The van der Waals surface area contributed by atoms with Crippen LogP contribution in [0.15, 0.2) is 121 Å². The molecule has 0 unspecified atom stereocenters. The van der Waals surface area contributed by atoms with E-state index >= 15 is 0 Å². The van der Waals surface area contributed by atoms with Gasteiger partial charge in [0.1, 0.15) is 0 Å². The highest BCUT2D eigenvalue weighted by molar-refractivity contribution is 5.97. The molecule has 1 heteroatoms. The zero-order valence-electron chi connectivity index (χ0n) is 33.5. The maximum atomic E-state index is 2.56. The fraction of sp³-hybridized carbons (Fsp3) is 0.308. The van der Waals surface area contributed by atoms with Gasteiger partial charge in [0.15, 0.2) is 0 Å². The summed E-state index contributed by atoms with van der Waals surface area (Å²) < 4.78 is 0. The summed E-state index contributed by atoms with van der Waals surface area (Å²) in [6.45, 7) is 25.9. The van der Waals surface area contributed by atoms with E-state index in [-0.39, 0.29) is 21.7 Å². The minimum atomic E-state index is -0.469. The first-order valence-corrected chi connectivity index (χ1v) is 19.5. The lowest BCUT2D eigenvalue weighted by molar-refractivity contribution is 0.584. The Hall–Kier alpha value is -4.88. The van der Waals surface area contributed by atoms with Crippen molar-refractivity contribution in [1.82, 2.24) is 0 Å². The molecule has 266 valence electrons. The summed E-state index contributed by atoms with van der Waals surface area (Å²) >= 11 is 0. The molecular weight excluding hydrogens is 639 g/mol. The van der Waals surface area contributed by atoms with Gasteiger partial charge in [-0.3, -0.25) is 0 Å². The predicted octanol–water partition coefficient (Wildman–Crippen LogP) is 14.0. The second-order valence-corrected chi connectivity index (χ2v) is 19.5. The van der Waals surface area contributed by atoms with Crippen LogP contribution in [0.3, 0.4) is 0 Å². The fourth-order valence-corrected chi connectivity index (χ4v) is 9.70. The Bertz CT molecular complexity index is 2330. The quantitative estimate of drug-likeness (QED) is 0.166. The van der Waals surface area contributed by atoms with Crippen LogP contribution >= 0.6 is 0 Å². The summed E-state index contributed by atoms with van der Waals surface area (Å²) in [4.78, 5) is 2.53. The van der Waals surface area contributed by atoms with Crippen molar-refractivity contribution in [2.75, 3.05) is 4.90 Å². The molecule has 3 aliphatic rings. The monoisotopic (exact) mass is 691 g/mol. The largest absolute Gasteiger partial charge is 0.310 e. The molecule has 0 bridgehead atoms. The molecule has 6 aromatic carbocycles. The van der Waals surface area contributed by atoms with Gasteiger partial charge >= 0.3 is 0 Å². The molecule has 0 atom stereocenters. The van der Waals surface area contributed by atoms with Crippen molar-refractivity contribution in [2.24, 2.45) is 0 Å². The average molecular weight is 692 g/mol. The van der Waals surface area contributed by atoms with Crippen LogP contribution in [0.2, 0.25) is 0 Å². The van der Waals surface area contributed by atoms with Crippen molar-refractivity contribution >= 4 is 17.1 Å². The average Bonchev–Trinajstić information content (AvgIpc) is 3.56. The van der Waals surface area contributed by atoms with Gasteiger partial charge < -0.3 is 4.90 Å². The van der Waals surface area contributed by atoms with Crippen LogP contribution in [0.25, 0.3) is 22.3 Å². The molecule has 53 heavy (non-hydrogen) atoms. The molecule has 2 aliphatic carbocycles. The van der Waals surface area contributed by atoms with Gasteiger partial charge in [0.25, 0.3) is 0 Å². The van der Waals surface area contributed by atoms with Crippen molar-refractivity contribution in [2.45, 2.75) is 103 Å². The second kappa shape index (κ2) is 10.8. The van der Waals surface area contributed by atoms with E-state index < -0.39 is 5.41 Å². The van der Waals surface area contributed by atoms with Gasteiger partial charge in [-0.25, -0.2) is 0 Å². The van der Waals surface area contributed by atoms with E-state index in [1.165, 1.54) is 89.4 Å². The Labute approximate surface area is 317 Å². The highest BCUT2D eigenvalue weighted by atomic mass is 15.2. The van der Waals surface area contributed by atoms with Crippen LogP contribution in [-0.2, 0) is 27.1 Å². The van der Waals surface area contributed by atoms with Crippen LogP contribution in [0.1, 0.15) is 126 Å². The first kappa shape index (κ1) is 33.9. The third-order valence-corrected chi connectivity index (χ3v) is 12.8. The maximum Gasteiger partial charge on any atom is 0.0726 e. The van der Waals surface area contributed by atoms with Gasteiger partial charge in [-0.05, 0) is 113 Å². The SMILES string of the molecule is CC(C)(C)c1ccc2c(c1)C1(c3cc(N4c5ccccc5C(C)(C)c5ccccc54)ccc3-2)c2cc(C(C)(C)C)ccc2-c2ccc(C(C)(C)C)cc21. The zero-order chi connectivity index (χ0) is 37.5. The standard InChI is InChI=1S/C52H53N/c1-48(2,3)32-20-24-36-37-25-21-33(49(4,5)6)29-43(37)52(42(36)28-32)44-30-34(50(7,8)9)22-26-38(44)39-27-23-35(31-45(39)52)53-46-18-14-12-16-40(46)51(10,11)41-17-13-15-19-47(41)53/h12-31H,1-11H3. The fourth-order valence-electron chi connectivity index (χ4n) is 9.70. The highest BCUT2D eigenvalue weighted by Crippen LogP contribution is 2.65. The molecule has 1 heterocycles. The number of rotatable bonds is 1. The van der Waals surface area contributed by atoms with E-state index in [9.17, 15) is 0 Å². The van der Waals surface area contributed by atoms with Crippen molar-refractivity contribution in [3.63, 3.8) is 0 Å². The van der Waals surface area contributed by atoms with Crippen LogP contribution in [0.4, 0.5) is 17.1 Å². The minimum Gasteiger partial charge on any atom is -0.310 e. The van der Waals surface area contributed by atoms with E-state index in [1.807, 2.05) is 0 Å². The smallest absolute Gasteiger partial charge is 0.0726 e. The number of hydrogen-bond donors (Lipinski definition) is 0. The van der Waals surface area contributed by atoms with Gasteiger partial charge in [-0.1, -0.05) is 173 Å². The van der Waals surface area contributed by atoms with E-state index in [2.05, 4.69) is 202 Å². The minimum absolute atomic E-state index is 0.00889. The topological polar surface area (TPSA) is 3.24 Å². The number of fused-ring (bicyclic) bond motifs is 12. The van der Waals surface area contributed by atoms with Gasteiger partial charge in [-0.15, -0.1) is 0 Å². The third kappa shape index (κ3) is 4.68. The summed E-state index contributed by atoms with van der Waals surface area (Å²) in [5, 5.41) is 0. The normalized spacial score (nSPS) is 16.1. The summed E-state index contributed by atoms with van der Waals surface area (Å²) in [7, 11) is 0. The predicted molar refractivity (Wildman–Crippen MR) is 226 cm³/mol. The highest BCUT2D eigenvalue weighted by Gasteiger charge is 2.53. The number of nitrogens with zero attached hydrogens (tertiary/aromatic N) is 1. The Morgan fingerprint density at radius 3 is 1.09 bits per heavy atom. The Morgan fingerprint density at radius 1 is 0.377 bits per heavy atom. The van der Waals surface area contributed by atoms with Gasteiger partial charge in [-0.2, -0.15) is 0 Å². The first-order chi connectivity index (χ1) is 24.9. The van der Waals surface area contributed by atoms with E-state index in [0.717, 1.165) is 0 Å². The molecule has 0 aromatic heterocycles. The van der Waals surface area contributed by atoms with Crippen molar-refractivity contribution in [3.8, 4) is 22.3 Å². The van der Waals surface area contributed by atoms with E-state index in [1.54, 1.807) is 0 Å². The van der Waals surface area contributed by atoms with Gasteiger partial charge in [0.2, 0.25) is 0 Å². The number of hydrogen-bond acceptors (Lipinski definition) is 1. The van der Waals surface area contributed by atoms with Crippen LogP contribution < -0.4 is 4.90 Å². The van der Waals surface area contributed by atoms with Gasteiger partial charge in [0.05, 0.1) is 16.8 Å². The summed E-state index contributed by atoms with van der Waals surface area (Å²) in [5.41, 5.74) is 21.0. The van der Waals surface area contributed by atoms with Crippen molar-refractivity contribution in [1.29, 1.82) is 0 Å². The number of anilines is 3. The zero-order valence-corrected chi connectivity index (χ0v) is 33.5. The molecule has 1 nitrogen and oxygen atoms in total. The molecule has 9 rings (SSSR count). The molecule has 0 N–H and O–H groups in total. The van der Waals surface area contributed by atoms with E-state index in [0.29, 0.717) is 0 Å². The summed E-state index contributed by atoms with van der Waals surface area (Å²) in [6.07, 6.45) is 0. The molecule has 0 fully saturated rings. The number of benzene rings is 6. The lowest BCUT2D eigenvalue weighted by Gasteiger charge is -2.42. The third-order valence-electron chi connectivity index (χ3n) is 12.8. The second-order valence-electron chi connectivity index (χ2n) is 19.5. The van der Waals surface area contributed by atoms with Crippen LogP contribution in [-0.4, -0.2) is 0 Å². The lowest BCUT2D eigenvalue weighted by atomic mass is 9.68. The molecular formula is C52H53N. The lowest BCUT2D eigenvalue weighted by Crippen LogP contribution is -2.31. The van der Waals surface area contributed by atoms with Gasteiger partial charge in [0, 0.05) is 11.1 Å². The Morgan fingerprint density at radius 2 is 0.717 bits per heavy atom. The maximum absolute atomic E-state index is 2.56. The molecule has 0 saturated heterocycles. The molecule has 0 radical (unpaired) electrons.